The van der Waals surface area contributed by atoms with Crippen molar-refractivity contribution >= 4 is 37.5 Å². The highest BCUT2D eigenvalue weighted by molar-refractivity contribution is 9.10. The van der Waals surface area contributed by atoms with Gasteiger partial charge in [-0.15, -0.1) is 0 Å². The number of aryl methyl sites for hydroxylation is 1. The summed E-state index contributed by atoms with van der Waals surface area (Å²) in [6.45, 7) is 1.67. The third-order valence-corrected chi connectivity index (χ3v) is 7.41. The van der Waals surface area contributed by atoms with Crippen LogP contribution in [0.5, 0.6) is 5.75 Å². The Bertz CT molecular complexity index is 1160. The average molecular weight is 517 g/mol. The number of anilines is 1. The van der Waals surface area contributed by atoms with Crippen molar-refractivity contribution in [3.05, 3.63) is 88.4 Å². The molecule has 0 fully saturated rings. The number of ether oxygens (including phenoxy) is 1. The highest BCUT2D eigenvalue weighted by atomic mass is 79.9. The van der Waals surface area contributed by atoms with E-state index in [1.165, 1.54) is 9.21 Å². The Labute approximate surface area is 197 Å². The molecule has 0 aliphatic heterocycles. The molecule has 0 saturated carbocycles. The molecular formula is C24H25BrN2O4S. The summed E-state index contributed by atoms with van der Waals surface area (Å²) < 4.78 is 34.1. The zero-order valence-corrected chi connectivity index (χ0v) is 20.6. The molecule has 6 nitrogen and oxygen atoms in total. The van der Waals surface area contributed by atoms with Crippen LogP contribution in [-0.2, 0) is 21.4 Å². The Hall–Kier alpha value is -2.68. The number of nitrogens with zero attached hydrogens (tertiary/aromatic N) is 2. The van der Waals surface area contributed by atoms with Crippen LogP contribution in [-0.4, -0.2) is 39.3 Å². The molecule has 0 N–H and O–H groups in total. The molecule has 0 heterocycles. The van der Waals surface area contributed by atoms with E-state index in [2.05, 4.69) is 15.9 Å². The molecule has 168 valence electrons. The highest BCUT2D eigenvalue weighted by Crippen LogP contribution is 2.22. The van der Waals surface area contributed by atoms with Crippen LogP contribution in [0, 0.1) is 6.92 Å². The van der Waals surface area contributed by atoms with E-state index in [4.69, 9.17) is 4.74 Å². The number of benzene rings is 3. The zero-order chi connectivity index (χ0) is 23.3. The molecule has 0 saturated heterocycles. The van der Waals surface area contributed by atoms with Gasteiger partial charge in [-0.3, -0.25) is 4.79 Å². The van der Waals surface area contributed by atoms with Crippen molar-refractivity contribution in [2.24, 2.45) is 0 Å². The number of halogens is 1. The number of likely N-dealkylation sites (N-methyl/N-ethyl adjacent to an activating group) is 1. The lowest BCUT2D eigenvalue weighted by molar-refractivity contribution is -0.118. The van der Waals surface area contributed by atoms with Gasteiger partial charge in [0.1, 0.15) is 5.75 Å². The molecule has 1 amide bonds. The van der Waals surface area contributed by atoms with E-state index in [0.717, 1.165) is 15.6 Å². The van der Waals surface area contributed by atoms with Gasteiger partial charge in [0, 0.05) is 23.8 Å². The second-order valence-electron chi connectivity index (χ2n) is 7.36. The van der Waals surface area contributed by atoms with Crippen molar-refractivity contribution in [2.45, 2.75) is 18.4 Å². The summed E-state index contributed by atoms with van der Waals surface area (Å²) in [6.07, 6.45) is 0. The van der Waals surface area contributed by atoms with Crippen molar-refractivity contribution in [1.29, 1.82) is 0 Å². The number of carbonyl (C=O) groups excluding carboxylic acids is 1. The molecule has 0 aliphatic rings. The van der Waals surface area contributed by atoms with Crippen molar-refractivity contribution in [3.8, 4) is 5.75 Å². The third-order valence-electron chi connectivity index (χ3n) is 5.08. The van der Waals surface area contributed by atoms with E-state index >= 15 is 0 Å². The molecule has 3 aromatic carbocycles. The van der Waals surface area contributed by atoms with Crippen LogP contribution in [0.4, 0.5) is 5.69 Å². The molecule has 8 heteroatoms. The fourth-order valence-corrected chi connectivity index (χ4v) is 4.73. The summed E-state index contributed by atoms with van der Waals surface area (Å²) in [6, 6.07) is 21.0. The summed E-state index contributed by atoms with van der Waals surface area (Å²) in [5.41, 5.74) is 2.38. The number of hydrogen-bond acceptors (Lipinski definition) is 4. The molecule has 0 spiro atoms. The van der Waals surface area contributed by atoms with E-state index in [-0.39, 0.29) is 23.9 Å². The number of amides is 1. The fraction of sp³-hybridized carbons (Fsp3) is 0.208. The standard InChI is InChI=1S/C24H25BrN2O4S/c1-18-4-14-23(15-5-18)32(29,30)27(16-19-6-8-20(25)9-7-19)17-24(28)26(2)21-10-12-22(31-3)13-11-21/h4-15H,16-17H2,1-3H3. The minimum absolute atomic E-state index is 0.0751. The summed E-state index contributed by atoms with van der Waals surface area (Å²) in [5, 5.41) is 0. The molecule has 0 aromatic heterocycles. The van der Waals surface area contributed by atoms with Gasteiger partial charge in [0.15, 0.2) is 0 Å². The highest BCUT2D eigenvalue weighted by Gasteiger charge is 2.28. The number of hydrogen-bond donors (Lipinski definition) is 0. The first-order valence-corrected chi connectivity index (χ1v) is 12.2. The number of rotatable bonds is 8. The molecular weight excluding hydrogens is 492 g/mol. The first kappa shape index (κ1) is 24.0. The third kappa shape index (κ3) is 5.76. The monoisotopic (exact) mass is 516 g/mol. The Balaban J connectivity index is 1.89. The van der Waals surface area contributed by atoms with Gasteiger partial charge in [-0.05, 0) is 61.0 Å². The summed E-state index contributed by atoms with van der Waals surface area (Å²) in [4.78, 5) is 14.7. The first-order valence-electron chi connectivity index (χ1n) is 9.92. The lowest BCUT2D eigenvalue weighted by atomic mass is 10.2. The second kappa shape index (κ2) is 10.3. The predicted octanol–water partition coefficient (Wildman–Crippen LogP) is 4.62. The molecule has 0 bridgehead atoms. The van der Waals surface area contributed by atoms with Crippen LogP contribution in [0.2, 0.25) is 0 Å². The van der Waals surface area contributed by atoms with E-state index in [9.17, 15) is 13.2 Å². The van der Waals surface area contributed by atoms with Gasteiger partial charge in [-0.2, -0.15) is 4.31 Å². The van der Waals surface area contributed by atoms with E-state index in [1.807, 2.05) is 31.2 Å². The minimum atomic E-state index is -3.89. The van der Waals surface area contributed by atoms with Gasteiger partial charge in [-0.25, -0.2) is 8.42 Å². The van der Waals surface area contributed by atoms with Crippen LogP contribution < -0.4 is 9.64 Å². The smallest absolute Gasteiger partial charge is 0.243 e. The Morgan fingerprint density at radius 2 is 1.53 bits per heavy atom. The quantitative estimate of drug-likeness (QED) is 0.438. The Morgan fingerprint density at radius 1 is 0.938 bits per heavy atom. The molecule has 32 heavy (non-hydrogen) atoms. The van der Waals surface area contributed by atoms with Gasteiger partial charge in [0.05, 0.1) is 18.6 Å². The topological polar surface area (TPSA) is 66.9 Å². The number of sulfonamides is 1. The zero-order valence-electron chi connectivity index (χ0n) is 18.2. The predicted molar refractivity (Wildman–Crippen MR) is 129 cm³/mol. The SMILES string of the molecule is COc1ccc(N(C)C(=O)CN(Cc2ccc(Br)cc2)S(=O)(=O)c2ccc(C)cc2)cc1. The van der Waals surface area contributed by atoms with Crippen molar-refractivity contribution < 1.29 is 17.9 Å². The first-order chi connectivity index (χ1) is 15.2. The Kier molecular flexibility index (Phi) is 7.71. The largest absolute Gasteiger partial charge is 0.497 e. The van der Waals surface area contributed by atoms with Crippen molar-refractivity contribution in [3.63, 3.8) is 0 Å². The minimum Gasteiger partial charge on any atom is -0.497 e. The Morgan fingerprint density at radius 3 is 2.09 bits per heavy atom. The molecule has 0 radical (unpaired) electrons. The summed E-state index contributed by atoms with van der Waals surface area (Å²) in [7, 11) is -0.699. The normalized spacial score (nSPS) is 11.4. The fourth-order valence-electron chi connectivity index (χ4n) is 3.09. The molecule has 3 rings (SSSR count). The van der Waals surface area contributed by atoms with Crippen molar-refractivity contribution in [2.75, 3.05) is 25.6 Å². The number of carbonyl (C=O) groups is 1. The van der Waals surface area contributed by atoms with Gasteiger partial charge in [0.2, 0.25) is 15.9 Å². The average Bonchev–Trinajstić information content (AvgIpc) is 2.79. The maximum atomic E-state index is 13.4. The van der Waals surface area contributed by atoms with Crippen LogP contribution in [0.25, 0.3) is 0 Å². The number of methoxy groups -OCH3 is 1. The molecule has 0 aliphatic carbocycles. The van der Waals surface area contributed by atoms with Gasteiger partial charge >= 0.3 is 0 Å². The second-order valence-corrected chi connectivity index (χ2v) is 10.2. The molecule has 0 unspecified atom stereocenters. The lowest BCUT2D eigenvalue weighted by Crippen LogP contribution is -2.41. The maximum absolute atomic E-state index is 13.4. The van der Waals surface area contributed by atoms with Crippen LogP contribution >= 0.6 is 15.9 Å². The molecule has 0 atom stereocenters. The summed E-state index contributed by atoms with van der Waals surface area (Å²) >= 11 is 3.39. The maximum Gasteiger partial charge on any atom is 0.243 e. The van der Waals surface area contributed by atoms with Gasteiger partial charge in [0.25, 0.3) is 0 Å². The van der Waals surface area contributed by atoms with E-state index < -0.39 is 10.0 Å². The van der Waals surface area contributed by atoms with Crippen molar-refractivity contribution in [1.82, 2.24) is 4.31 Å². The van der Waals surface area contributed by atoms with Gasteiger partial charge in [-0.1, -0.05) is 45.8 Å². The van der Waals surface area contributed by atoms with Crippen LogP contribution in [0.3, 0.4) is 0 Å². The van der Waals surface area contributed by atoms with Crippen LogP contribution in [0.1, 0.15) is 11.1 Å². The van der Waals surface area contributed by atoms with E-state index in [1.54, 1.807) is 62.7 Å². The summed E-state index contributed by atoms with van der Waals surface area (Å²) in [5.74, 6) is 0.330. The van der Waals surface area contributed by atoms with E-state index in [0.29, 0.717) is 11.4 Å². The molecule has 3 aromatic rings. The lowest BCUT2D eigenvalue weighted by Gasteiger charge is -2.25. The van der Waals surface area contributed by atoms with Gasteiger partial charge < -0.3 is 9.64 Å². The van der Waals surface area contributed by atoms with Crippen LogP contribution in [0.15, 0.2) is 82.2 Å².